The molecule has 2 rings (SSSR count). The lowest BCUT2D eigenvalue weighted by Gasteiger charge is -2.01. The molecular formula is C13H14N2O3. The van der Waals surface area contributed by atoms with Crippen molar-refractivity contribution in [3.8, 4) is 0 Å². The predicted octanol–water partition coefficient (Wildman–Crippen LogP) is 2.24. The summed E-state index contributed by atoms with van der Waals surface area (Å²) in [5, 5.41) is 16.5. The van der Waals surface area contributed by atoms with Gasteiger partial charge in [-0.05, 0) is 5.56 Å². The average Bonchev–Trinajstić information content (AvgIpc) is 2.78. The fraction of sp³-hybridized carbons (Fsp3) is 0.308. The Morgan fingerprint density at radius 1 is 1.33 bits per heavy atom. The quantitative estimate of drug-likeness (QED) is 0.875. The molecule has 1 N–H and O–H groups in total. The van der Waals surface area contributed by atoms with Gasteiger partial charge < -0.3 is 9.52 Å². The van der Waals surface area contributed by atoms with Crippen LogP contribution in [-0.2, 0) is 11.2 Å². The predicted molar refractivity (Wildman–Crippen MR) is 64.2 cm³/mol. The largest absolute Gasteiger partial charge is 0.481 e. The highest BCUT2D eigenvalue weighted by molar-refractivity contribution is 5.67. The Morgan fingerprint density at radius 3 is 2.72 bits per heavy atom. The fourth-order valence-electron chi connectivity index (χ4n) is 1.66. The zero-order valence-corrected chi connectivity index (χ0v) is 10.0. The van der Waals surface area contributed by atoms with Crippen LogP contribution in [0.2, 0.25) is 0 Å². The molecule has 0 aliphatic carbocycles. The van der Waals surface area contributed by atoms with Crippen LogP contribution in [0.3, 0.4) is 0 Å². The lowest BCUT2D eigenvalue weighted by Crippen LogP contribution is -2.02. The van der Waals surface area contributed by atoms with E-state index in [-0.39, 0.29) is 12.3 Å². The first-order valence-electron chi connectivity index (χ1n) is 5.73. The second-order valence-electron chi connectivity index (χ2n) is 4.20. The molecule has 0 amide bonds. The second kappa shape index (κ2) is 5.44. The Kier molecular flexibility index (Phi) is 3.72. The van der Waals surface area contributed by atoms with Gasteiger partial charge in [-0.2, -0.15) is 0 Å². The summed E-state index contributed by atoms with van der Waals surface area (Å²) in [6.45, 7) is 1.76. The monoisotopic (exact) mass is 246 g/mol. The van der Waals surface area contributed by atoms with Crippen molar-refractivity contribution in [3.05, 3.63) is 47.7 Å². The second-order valence-corrected chi connectivity index (χ2v) is 4.20. The molecule has 94 valence electrons. The van der Waals surface area contributed by atoms with Crippen LogP contribution in [0.25, 0.3) is 0 Å². The Hall–Kier alpha value is -2.17. The van der Waals surface area contributed by atoms with Crippen LogP contribution in [0.15, 0.2) is 34.7 Å². The fourth-order valence-corrected chi connectivity index (χ4v) is 1.66. The van der Waals surface area contributed by atoms with E-state index in [1.54, 1.807) is 6.92 Å². The van der Waals surface area contributed by atoms with Crippen LogP contribution in [0.4, 0.5) is 0 Å². The third-order valence-electron chi connectivity index (χ3n) is 2.58. The number of carboxylic acids is 1. The van der Waals surface area contributed by atoms with Gasteiger partial charge in [0, 0.05) is 5.92 Å². The topological polar surface area (TPSA) is 76.2 Å². The summed E-state index contributed by atoms with van der Waals surface area (Å²) in [7, 11) is 0. The van der Waals surface area contributed by atoms with Crippen molar-refractivity contribution in [1.82, 2.24) is 10.2 Å². The molecule has 0 spiro atoms. The standard InChI is InChI=1S/C13H14N2O3/c1-9(7-12(16)17)13-15-14-11(18-13)8-10-5-3-2-4-6-10/h2-6,9H,7-8H2,1H3,(H,16,17). The highest BCUT2D eigenvalue weighted by atomic mass is 16.4. The van der Waals surface area contributed by atoms with E-state index in [1.807, 2.05) is 30.3 Å². The minimum Gasteiger partial charge on any atom is -0.481 e. The summed E-state index contributed by atoms with van der Waals surface area (Å²) >= 11 is 0. The van der Waals surface area contributed by atoms with Crippen molar-refractivity contribution in [2.24, 2.45) is 0 Å². The van der Waals surface area contributed by atoms with Crippen LogP contribution < -0.4 is 0 Å². The van der Waals surface area contributed by atoms with Gasteiger partial charge in [-0.3, -0.25) is 4.79 Å². The minimum atomic E-state index is -0.870. The third-order valence-corrected chi connectivity index (χ3v) is 2.58. The van der Waals surface area contributed by atoms with Gasteiger partial charge in [0.1, 0.15) is 0 Å². The van der Waals surface area contributed by atoms with Crippen molar-refractivity contribution in [2.45, 2.75) is 25.7 Å². The van der Waals surface area contributed by atoms with Gasteiger partial charge in [-0.15, -0.1) is 10.2 Å². The number of aliphatic carboxylic acids is 1. The van der Waals surface area contributed by atoms with Crippen LogP contribution in [-0.4, -0.2) is 21.3 Å². The number of hydrogen-bond donors (Lipinski definition) is 1. The molecule has 0 radical (unpaired) electrons. The summed E-state index contributed by atoms with van der Waals surface area (Å²) in [5.41, 5.74) is 1.08. The maximum absolute atomic E-state index is 10.6. The minimum absolute atomic E-state index is 0.00697. The highest BCUT2D eigenvalue weighted by Gasteiger charge is 2.17. The average molecular weight is 246 g/mol. The van der Waals surface area contributed by atoms with E-state index < -0.39 is 5.97 Å². The number of carbonyl (C=O) groups is 1. The Balaban J connectivity index is 2.04. The van der Waals surface area contributed by atoms with Gasteiger partial charge in [-0.25, -0.2) is 0 Å². The molecule has 0 bridgehead atoms. The van der Waals surface area contributed by atoms with Crippen LogP contribution >= 0.6 is 0 Å². The van der Waals surface area contributed by atoms with Gasteiger partial charge in [-0.1, -0.05) is 37.3 Å². The maximum Gasteiger partial charge on any atom is 0.304 e. The van der Waals surface area contributed by atoms with E-state index in [1.165, 1.54) is 0 Å². The van der Waals surface area contributed by atoms with Crippen molar-refractivity contribution < 1.29 is 14.3 Å². The molecule has 1 unspecified atom stereocenters. The highest BCUT2D eigenvalue weighted by Crippen LogP contribution is 2.18. The SMILES string of the molecule is CC(CC(=O)O)c1nnc(Cc2ccccc2)o1. The number of benzene rings is 1. The molecule has 5 heteroatoms. The first kappa shape index (κ1) is 12.3. The van der Waals surface area contributed by atoms with Crippen molar-refractivity contribution in [1.29, 1.82) is 0 Å². The molecule has 1 aromatic carbocycles. The Labute approximate surface area is 104 Å². The zero-order valence-electron chi connectivity index (χ0n) is 10.0. The normalized spacial score (nSPS) is 12.3. The molecule has 1 aromatic heterocycles. The third kappa shape index (κ3) is 3.16. The molecular weight excluding hydrogens is 232 g/mol. The maximum atomic E-state index is 10.6. The first-order valence-corrected chi connectivity index (χ1v) is 5.73. The van der Waals surface area contributed by atoms with E-state index in [4.69, 9.17) is 9.52 Å². The first-order chi connectivity index (χ1) is 8.65. The molecule has 0 saturated heterocycles. The lowest BCUT2D eigenvalue weighted by molar-refractivity contribution is -0.137. The number of rotatable bonds is 5. The number of hydrogen-bond acceptors (Lipinski definition) is 4. The zero-order chi connectivity index (χ0) is 13.0. The van der Waals surface area contributed by atoms with Crippen LogP contribution in [0, 0.1) is 0 Å². The molecule has 5 nitrogen and oxygen atoms in total. The molecule has 1 heterocycles. The molecule has 0 aliphatic heterocycles. The van der Waals surface area contributed by atoms with E-state index in [0.717, 1.165) is 5.56 Å². The molecule has 1 atom stereocenters. The number of nitrogens with zero attached hydrogens (tertiary/aromatic N) is 2. The molecule has 2 aromatic rings. The number of aromatic nitrogens is 2. The summed E-state index contributed by atoms with van der Waals surface area (Å²) in [6.07, 6.45) is 0.556. The molecule has 0 saturated carbocycles. The van der Waals surface area contributed by atoms with Crippen molar-refractivity contribution in [2.75, 3.05) is 0 Å². The van der Waals surface area contributed by atoms with Gasteiger partial charge in [0.05, 0.1) is 12.8 Å². The lowest BCUT2D eigenvalue weighted by atomic mass is 10.1. The van der Waals surface area contributed by atoms with E-state index in [9.17, 15) is 4.79 Å². The molecule has 0 fully saturated rings. The Morgan fingerprint density at radius 2 is 2.06 bits per heavy atom. The van der Waals surface area contributed by atoms with Crippen molar-refractivity contribution >= 4 is 5.97 Å². The smallest absolute Gasteiger partial charge is 0.304 e. The van der Waals surface area contributed by atoms with E-state index in [2.05, 4.69) is 10.2 Å². The van der Waals surface area contributed by atoms with E-state index >= 15 is 0 Å². The van der Waals surface area contributed by atoms with Crippen LogP contribution in [0.1, 0.15) is 36.6 Å². The van der Waals surface area contributed by atoms with Gasteiger partial charge in [0.15, 0.2) is 0 Å². The molecule has 0 aliphatic rings. The van der Waals surface area contributed by atoms with E-state index in [0.29, 0.717) is 18.2 Å². The Bertz CT molecular complexity index is 522. The van der Waals surface area contributed by atoms with Gasteiger partial charge >= 0.3 is 5.97 Å². The van der Waals surface area contributed by atoms with Gasteiger partial charge in [0.2, 0.25) is 11.8 Å². The van der Waals surface area contributed by atoms with Gasteiger partial charge in [0.25, 0.3) is 0 Å². The number of carboxylic acid groups (broad SMARTS) is 1. The summed E-state index contributed by atoms with van der Waals surface area (Å²) in [4.78, 5) is 10.6. The summed E-state index contributed by atoms with van der Waals surface area (Å²) in [6, 6.07) is 9.78. The van der Waals surface area contributed by atoms with Crippen LogP contribution in [0.5, 0.6) is 0 Å². The summed E-state index contributed by atoms with van der Waals surface area (Å²) < 4.78 is 5.46. The summed E-state index contributed by atoms with van der Waals surface area (Å²) in [5.74, 6) is -0.249. The molecule has 18 heavy (non-hydrogen) atoms. The van der Waals surface area contributed by atoms with Crippen molar-refractivity contribution in [3.63, 3.8) is 0 Å².